The van der Waals surface area contributed by atoms with Gasteiger partial charge < -0.3 is 14.9 Å². The van der Waals surface area contributed by atoms with E-state index in [9.17, 15) is 10.2 Å². The Morgan fingerprint density at radius 2 is 1.81 bits per heavy atom. The molecule has 4 fully saturated rings. The van der Waals surface area contributed by atoms with Gasteiger partial charge in [-0.3, -0.25) is 0 Å². The van der Waals surface area contributed by atoms with E-state index in [0.29, 0.717) is 23.7 Å². The number of hydrogen-bond acceptors (Lipinski definition) is 3. The van der Waals surface area contributed by atoms with Gasteiger partial charge in [-0.2, -0.15) is 0 Å². The van der Waals surface area contributed by atoms with Crippen LogP contribution in [-0.4, -0.2) is 33.6 Å². The molecule has 0 aromatic carbocycles. The second-order valence-electron chi connectivity index (χ2n) is 12.7. The van der Waals surface area contributed by atoms with Gasteiger partial charge in [0.25, 0.3) is 0 Å². The van der Waals surface area contributed by atoms with E-state index in [1.807, 2.05) is 0 Å². The fourth-order valence-corrected chi connectivity index (χ4v) is 8.78. The molecule has 5 aliphatic rings. The van der Waals surface area contributed by atoms with Crippen molar-refractivity contribution in [1.82, 2.24) is 0 Å². The van der Waals surface area contributed by atoms with Crippen LogP contribution in [0.2, 0.25) is 0 Å². The number of rotatable bonds is 4. The van der Waals surface area contributed by atoms with Gasteiger partial charge in [0.05, 0.1) is 12.2 Å². The van der Waals surface area contributed by atoms with Gasteiger partial charge in [0.15, 0.2) is 0 Å². The molecule has 10 atom stereocenters. The zero-order chi connectivity index (χ0) is 22.4. The molecule has 0 radical (unpaired) electrons. The van der Waals surface area contributed by atoms with Crippen LogP contribution in [0.1, 0.15) is 86.5 Å². The van der Waals surface area contributed by atoms with E-state index in [1.54, 1.807) is 0 Å². The Hall–Kier alpha value is -0.640. The van der Waals surface area contributed by atoms with Crippen LogP contribution < -0.4 is 0 Å². The van der Waals surface area contributed by atoms with Crippen molar-refractivity contribution in [3.63, 3.8) is 0 Å². The Bertz CT molecular complexity index is 800. The molecule has 1 heterocycles. The summed E-state index contributed by atoms with van der Waals surface area (Å²) in [6.07, 6.45) is 13.5. The summed E-state index contributed by atoms with van der Waals surface area (Å²) in [5.74, 6) is 2.45. The van der Waals surface area contributed by atoms with Gasteiger partial charge in [-0.05, 0) is 74.0 Å². The van der Waals surface area contributed by atoms with Crippen LogP contribution in [0.4, 0.5) is 0 Å². The molecule has 3 saturated carbocycles. The van der Waals surface area contributed by atoms with E-state index in [-0.39, 0.29) is 40.2 Å². The molecule has 2 N–H and O–H groups in total. The number of fused-ring (bicyclic) bond motifs is 2. The van der Waals surface area contributed by atoms with Gasteiger partial charge in [-0.15, -0.1) is 0 Å². The highest BCUT2D eigenvalue weighted by atomic mass is 16.6. The average molecular weight is 429 g/mol. The first kappa shape index (κ1) is 22.2. The summed E-state index contributed by atoms with van der Waals surface area (Å²) >= 11 is 0. The standard InChI is InChI=1S/C28H44O3/c1-17(2)18(3)7-8-19(4)22-16-23(30)24-25(22,5)13-14-28-26(6)11-10-21(29)15-20(26)9-12-27(24,28)31-28/h7-9,17-19,21-24,29-30H,10-16H2,1-6H3/b8-7+. The maximum atomic E-state index is 11.5. The first-order chi connectivity index (χ1) is 14.5. The molecule has 3 nitrogen and oxygen atoms in total. The molecule has 0 bridgehead atoms. The van der Waals surface area contributed by atoms with Crippen LogP contribution in [0.25, 0.3) is 0 Å². The molecule has 0 amide bonds. The van der Waals surface area contributed by atoms with Crippen LogP contribution in [0.5, 0.6) is 0 Å². The van der Waals surface area contributed by atoms with Gasteiger partial charge in [-0.1, -0.05) is 65.3 Å². The van der Waals surface area contributed by atoms with Gasteiger partial charge in [0, 0.05) is 11.3 Å². The third-order valence-corrected chi connectivity index (χ3v) is 11.0. The topological polar surface area (TPSA) is 53.0 Å². The zero-order valence-electron chi connectivity index (χ0n) is 20.5. The Labute approximate surface area is 189 Å². The summed E-state index contributed by atoms with van der Waals surface area (Å²) in [7, 11) is 0. The van der Waals surface area contributed by atoms with Crippen molar-refractivity contribution >= 4 is 0 Å². The van der Waals surface area contributed by atoms with Crippen LogP contribution in [0.15, 0.2) is 23.8 Å². The van der Waals surface area contributed by atoms with Crippen molar-refractivity contribution in [2.75, 3.05) is 0 Å². The monoisotopic (exact) mass is 428 g/mol. The molecule has 0 spiro atoms. The number of allylic oxidation sites excluding steroid dienone is 2. The van der Waals surface area contributed by atoms with E-state index in [1.165, 1.54) is 5.57 Å². The van der Waals surface area contributed by atoms with E-state index < -0.39 is 0 Å². The Morgan fingerprint density at radius 1 is 1.06 bits per heavy atom. The predicted octanol–water partition coefficient (Wildman–Crippen LogP) is 5.66. The summed E-state index contributed by atoms with van der Waals surface area (Å²) in [5.41, 5.74) is 1.27. The maximum Gasteiger partial charge on any atom is 0.108 e. The van der Waals surface area contributed by atoms with Gasteiger partial charge in [0.2, 0.25) is 0 Å². The Morgan fingerprint density at radius 3 is 2.52 bits per heavy atom. The van der Waals surface area contributed by atoms with E-state index in [4.69, 9.17) is 4.74 Å². The zero-order valence-corrected chi connectivity index (χ0v) is 20.5. The first-order valence-corrected chi connectivity index (χ1v) is 12.9. The minimum Gasteiger partial charge on any atom is -0.393 e. The lowest BCUT2D eigenvalue weighted by atomic mass is 9.46. The summed E-state index contributed by atoms with van der Waals surface area (Å²) in [6, 6.07) is 0. The minimum atomic E-state index is -0.275. The molecule has 5 rings (SSSR count). The lowest BCUT2D eigenvalue weighted by Gasteiger charge is -2.54. The average Bonchev–Trinajstić information content (AvgIpc) is 3.33. The van der Waals surface area contributed by atoms with Crippen molar-refractivity contribution in [3.05, 3.63) is 23.8 Å². The maximum absolute atomic E-state index is 11.5. The highest BCUT2D eigenvalue weighted by Gasteiger charge is 2.86. The predicted molar refractivity (Wildman–Crippen MR) is 124 cm³/mol. The summed E-state index contributed by atoms with van der Waals surface area (Å²) in [6.45, 7) is 14.1. The van der Waals surface area contributed by atoms with E-state index in [2.05, 4.69) is 59.8 Å². The van der Waals surface area contributed by atoms with E-state index >= 15 is 0 Å². The quantitative estimate of drug-likeness (QED) is 0.449. The third-order valence-electron chi connectivity index (χ3n) is 11.0. The van der Waals surface area contributed by atoms with Crippen molar-refractivity contribution in [2.45, 2.75) is 110 Å². The van der Waals surface area contributed by atoms with Crippen LogP contribution in [0, 0.1) is 40.4 Å². The molecule has 1 saturated heterocycles. The number of aliphatic hydroxyl groups is 2. The fraction of sp³-hybridized carbons (Fsp3) is 0.857. The van der Waals surface area contributed by atoms with Crippen LogP contribution in [-0.2, 0) is 4.74 Å². The van der Waals surface area contributed by atoms with E-state index in [0.717, 1.165) is 44.9 Å². The number of hydrogen-bond donors (Lipinski definition) is 2. The molecule has 4 aliphatic carbocycles. The molecule has 0 aromatic heterocycles. The molecule has 174 valence electrons. The number of epoxide rings is 1. The summed E-state index contributed by atoms with van der Waals surface area (Å²) < 4.78 is 6.92. The van der Waals surface area contributed by atoms with Crippen molar-refractivity contribution in [1.29, 1.82) is 0 Å². The normalized spacial score (nSPS) is 52.7. The molecule has 1 aliphatic heterocycles. The van der Waals surface area contributed by atoms with Gasteiger partial charge >= 0.3 is 0 Å². The van der Waals surface area contributed by atoms with Crippen molar-refractivity contribution in [3.8, 4) is 0 Å². The third kappa shape index (κ3) is 2.75. The molecule has 3 heteroatoms. The highest BCUT2D eigenvalue weighted by molar-refractivity contribution is 5.43. The van der Waals surface area contributed by atoms with Crippen molar-refractivity contribution in [2.24, 2.45) is 40.4 Å². The second-order valence-corrected chi connectivity index (χ2v) is 12.7. The smallest absolute Gasteiger partial charge is 0.108 e. The van der Waals surface area contributed by atoms with Crippen LogP contribution in [0.3, 0.4) is 0 Å². The summed E-state index contributed by atoms with van der Waals surface area (Å²) in [4.78, 5) is 0. The molecular weight excluding hydrogens is 384 g/mol. The van der Waals surface area contributed by atoms with Crippen molar-refractivity contribution < 1.29 is 14.9 Å². The first-order valence-electron chi connectivity index (χ1n) is 12.9. The largest absolute Gasteiger partial charge is 0.393 e. The molecule has 0 aromatic rings. The SMILES string of the molecule is CC(C)C(C)/C=C/C(C)C1CC(O)C2C1(C)CCC13OC21CC=C1CC(O)CCC13C. The number of ether oxygens (including phenoxy) is 1. The van der Waals surface area contributed by atoms with Gasteiger partial charge in [0.1, 0.15) is 11.2 Å². The minimum absolute atomic E-state index is 0.0296. The van der Waals surface area contributed by atoms with Gasteiger partial charge in [-0.25, -0.2) is 0 Å². The highest BCUT2D eigenvalue weighted by Crippen LogP contribution is 2.80. The molecule has 31 heavy (non-hydrogen) atoms. The molecular formula is C28H44O3. The fourth-order valence-electron chi connectivity index (χ4n) is 8.78. The van der Waals surface area contributed by atoms with Crippen LogP contribution >= 0.6 is 0 Å². The number of aliphatic hydroxyl groups excluding tert-OH is 2. The lowest BCUT2D eigenvalue weighted by molar-refractivity contribution is -0.0229. The lowest BCUT2D eigenvalue weighted by Crippen LogP contribution is -2.58. The Balaban J connectivity index is 1.45. The molecule has 10 unspecified atom stereocenters. The second kappa shape index (κ2) is 6.93. The Kier molecular flexibility index (Phi) is 4.96. The summed E-state index contributed by atoms with van der Waals surface area (Å²) in [5, 5.41) is 21.7.